The number of nitrogens with zero attached hydrogens (tertiary/aromatic N) is 2. The van der Waals surface area contributed by atoms with Gasteiger partial charge in [0.05, 0.1) is 16.6 Å². The van der Waals surface area contributed by atoms with E-state index in [1.54, 1.807) is 18.2 Å². The summed E-state index contributed by atoms with van der Waals surface area (Å²) in [6.07, 6.45) is 1.30. The maximum Gasteiger partial charge on any atom is 0.260 e. The summed E-state index contributed by atoms with van der Waals surface area (Å²) < 4.78 is 13.4. The van der Waals surface area contributed by atoms with Crippen molar-refractivity contribution in [3.63, 3.8) is 0 Å². The molecule has 0 saturated carbocycles. The van der Waals surface area contributed by atoms with Gasteiger partial charge in [0.15, 0.2) is 0 Å². The first-order chi connectivity index (χ1) is 9.63. The molecular formula is C14H11FN4O. The number of nitrogens with one attached hydrogen (secondary N) is 2. The van der Waals surface area contributed by atoms with Crippen LogP contribution in [0.5, 0.6) is 0 Å². The first-order valence-corrected chi connectivity index (χ1v) is 6.02. The maximum atomic E-state index is 13.4. The van der Waals surface area contributed by atoms with Gasteiger partial charge in [-0.2, -0.15) is 4.39 Å². The molecule has 2 N–H and O–H groups in total. The zero-order chi connectivity index (χ0) is 14.1. The lowest BCUT2D eigenvalue weighted by atomic mass is 10.2. The minimum absolute atomic E-state index is 0.0895. The van der Waals surface area contributed by atoms with Crippen LogP contribution in [0.2, 0.25) is 0 Å². The lowest BCUT2D eigenvalue weighted by molar-refractivity contribution is 0.102. The minimum Gasteiger partial charge on any atom is -0.342 e. The Bertz CT molecular complexity index is 797. The third-order valence-electron chi connectivity index (χ3n) is 2.86. The number of imidazole rings is 1. The molecule has 0 aliphatic heterocycles. The Morgan fingerprint density at radius 3 is 3.00 bits per heavy atom. The number of hydrogen-bond acceptors (Lipinski definition) is 3. The van der Waals surface area contributed by atoms with Crippen LogP contribution in [-0.2, 0) is 0 Å². The van der Waals surface area contributed by atoms with Crippen molar-refractivity contribution < 1.29 is 9.18 Å². The monoisotopic (exact) mass is 270 g/mol. The van der Waals surface area contributed by atoms with Gasteiger partial charge in [0, 0.05) is 11.9 Å². The van der Waals surface area contributed by atoms with Crippen molar-refractivity contribution in [2.45, 2.75) is 6.92 Å². The molecule has 0 bridgehead atoms. The Kier molecular flexibility index (Phi) is 2.90. The molecule has 1 amide bonds. The number of benzene rings is 1. The lowest BCUT2D eigenvalue weighted by Gasteiger charge is -2.05. The number of pyridine rings is 1. The van der Waals surface area contributed by atoms with Crippen molar-refractivity contribution in [3.05, 3.63) is 53.9 Å². The summed E-state index contributed by atoms with van der Waals surface area (Å²) in [7, 11) is 0. The Labute approximate surface area is 113 Å². The van der Waals surface area contributed by atoms with E-state index in [4.69, 9.17) is 0 Å². The van der Waals surface area contributed by atoms with Crippen LogP contribution in [0.1, 0.15) is 16.2 Å². The number of aromatic amines is 1. The van der Waals surface area contributed by atoms with Crippen LogP contribution in [0, 0.1) is 12.9 Å². The van der Waals surface area contributed by atoms with E-state index in [0.717, 1.165) is 16.9 Å². The Hall–Kier alpha value is -2.76. The van der Waals surface area contributed by atoms with Gasteiger partial charge in [-0.3, -0.25) is 4.79 Å². The molecule has 100 valence electrons. The summed E-state index contributed by atoms with van der Waals surface area (Å²) in [6.45, 7) is 1.85. The van der Waals surface area contributed by atoms with Gasteiger partial charge in [-0.15, -0.1) is 0 Å². The molecule has 20 heavy (non-hydrogen) atoms. The highest BCUT2D eigenvalue weighted by Gasteiger charge is 2.12. The SMILES string of the molecule is Cc1nc2ccc(NC(=O)c3cccnc3F)cc2[nH]1. The first-order valence-electron chi connectivity index (χ1n) is 6.02. The van der Waals surface area contributed by atoms with Crippen LogP contribution in [0.15, 0.2) is 36.5 Å². The third-order valence-corrected chi connectivity index (χ3v) is 2.86. The highest BCUT2D eigenvalue weighted by Crippen LogP contribution is 2.18. The number of anilines is 1. The van der Waals surface area contributed by atoms with Gasteiger partial charge < -0.3 is 10.3 Å². The van der Waals surface area contributed by atoms with Crippen LogP contribution in [-0.4, -0.2) is 20.9 Å². The van der Waals surface area contributed by atoms with E-state index in [0.29, 0.717) is 5.69 Å². The van der Waals surface area contributed by atoms with E-state index >= 15 is 0 Å². The molecule has 0 aliphatic rings. The van der Waals surface area contributed by atoms with Crippen molar-refractivity contribution in [2.75, 3.05) is 5.32 Å². The Morgan fingerprint density at radius 2 is 2.20 bits per heavy atom. The second-order valence-corrected chi connectivity index (χ2v) is 4.35. The number of carbonyl (C=O) groups excluding carboxylic acids is 1. The number of hydrogen-bond donors (Lipinski definition) is 2. The summed E-state index contributed by atoms with van der Waals surface area (Å²) in [4.78, 5) is 22.8. The molecule has 0 aliphatic carbocycles. The van der Waals surface area contributed by atoms with Crippen LogP contribution in [0.25, 0.3) is 11.0 Å². The van der Waals surface area contributed by atoms with E-state index in [1.165, 1.54) is 18.3 Å². The van der Waals surface area contributed by atoms with E-state index in [9.17, 15) is 9.18 Å². The number of amides is 1. The fourth-order valence-corrected chi connectivity index (χ4v) is 1.97. The molecule has 0 saturated heterocycles. The summed E-state index contributed by atoms with van der Waals surface area (Å²) in [6, 6.07) is 8.15. The van der Waals surface area contributed by atoms with E-state index in [-0.39, 0.29) is 5.56 Å². The van der Waals surface area contributed by atoms with Gasteiger partial charge >= 0.3 is 0 Å². The molecule has 6 heteroatoms. The average molecular weight is 270 g/mol. The Balaban J connectivity index is 1.89. The summed E-state index contributed by atoms with van der Waals surface area (Å²) in [5.41, 5.74) is 2.10. The van der Waals surface area contributed by atoms with Crippen LogP contribution in [0.4, 0.5) is 10.1 Å². The number of fused-ring (bicyclic) bond motifs is 1. The van der Waals surface area contributed by atoms with Crippen molar-refractivity contribution in [3.8, 4) is 0 Å². The van der Waals surface area contributed by atoms with Gasteiger partial charge in [0.25, 0.3) is 5.91 Å². The highest BCUT2D eigenvalue weighted by atomic mass is 19.1. The van der Waals surface area contributed by atoms with Gasteiger partial charge in [0.2, 0.25) is 5.95 Å². The zero-order valence-corrected chi connectivity index (χ0v) is 10.6. The number of halogens is 1. The summed E-state index contributed by atoms with van der Waals surface area (Å²) in [5, 5.41) is 2.63. The van der Waals surface area contributed by atoms with Gasteiger partial charge in [-0.05, 0) is 37.3 Å². The maximum absolute atomic E-state index is 13.4. The fraction of sp³-hybridized carbons (Fsp3) is 0.0714. The molecule has 0 unspecified atom stereocenters. The number of aryl methyl sites for hydroxylation is 1. The number of rotatable bonds is 2. The summed E-state index contributed by atoms with van der Waals surface area (Å²) in [5.74, 6) is -0.531. The zero-order valence-electron chi connectivity index (χ0n) is 10.6. The number of carbonyl (C=O) groups is 1. The van der Waals surface area contributed by atoms with Crippen LogP contribution >= 0.6 is 0 Å². The molecule has 5 nitrogen and oxygen atoms in total. The number of aromatic nitrogens is 3. The largest absolute Gasteiger partial charge is 0.342 e. The molecule has 2 aromatic heterocycles. The second kappa shape index (κ2) is 4.73. The van der Waals surface area contributed by atoms with Gasteiger partial charge in [-0.1, -0.05) is 0 Å². The average Bonchev–Trinajstić information content (AvgIpc) is 2.78. The van der Waals surface area contributed by atoms with E-state index in [2.05, 4.69) is 20.3 Å². The fourth-order valence-electron chi connectivity index (χ4n) is 1.97. The minimum atomic E-state index is -0.788. The Morgan fingerprint density at radius 1 is 1.35 bits per heavy atom. The topological polar surface area (TPSA) is 70.7 Å². The predicted molar refractivity (Wildman–Crippen MR) is 73.0 cm³/mol. The standard InChI is InChI=1S/C14H11FN4O/c1-8-17-11-5-4-9(7-12(11)18-8)19-14(20)10-3-2-6-16-13(10)15/h2-7H,1H3,(H,17,18)(H,19,20). The molecule has 3 aromatic rings. The van der Waals surface area contributed by atoms with Crippen LogP contribution < -0.4 is 5.32 Å². The number of H-pyrrole nitrogens is 1. The van der Waals surface area contributed by atoms with E-state index in [1.807, 2.05) is 6.92 Å². The van der Waals surface area contributed by atoms with Gasteiger partial charge in [0.1, 0.15) is 5.82 Å². The normalized spacial score (nSPS) is 10.7. The molecule has 0 atom stereocenters. The molecule has 0 radical (unpaired) electrons. The van der Waals surface area contributed by atoms with Crippen molar-refractivity contribution in [1.29, 1.82) is 0 Å². The third kappa shape index (κ3) is 2.23. The first kappa shape index (κ1) is 12.3. The molecule has 2 heterocycles. The quantitative estimate of drug-likeness (QED) is 0.703. The smallest absolute Gasteiger partial charge is 0.260 e. The van der Waals surface area contributed by atoms with Crippen molar-refractivity contribution in [2.24, 2.45) is 0 Å². The molecule has 3 rings (SSSR count). The van der Waals surface area contributed by atoms with Crippen molar-refractivity contribution in [1.82, 2.24) is 15.0 Å². The molecule has 0 fully saturated rings. The second-order valence-electron chi connectivity index (χ2n) is 4.35. The van der Waals surface area contributed by atoms with Gasteiger partial charge in [-0.25, -0.2) is 9.97 Å². The molecule has 0 spiro atoms. The lowest BCUT2D eigenvalue weighted by Crippen LogP contribution is -2.14. The van der Waals surface area contributed by atoms with Crippen molar-refractivity contribution >= 4 is 22.6 Å². The highest BCUT2D eigenvalue weighted by molar-refractivity contribution is 6.04. The molecule has 1 aromatic carbocycles. The predicted octanol–water partition coefficient (Wildman–Crippen LogP) is 2.66. The van der Waals surface area contributed by atoms with E-state index < -0.39 is 11.9 Å². The summed E-state index contributed by atoms with van der Waals surface area (Å²) >= 11 is 0. The molecular weight excluding hydrogens is 259 g/mol. The van der Waals surface area contributed by atoms with Crippen LogP contribution in [0.3, 0.4) is 0 Å².